The van der Waals surface area contributed by atoms with Crippen molar-refractivity contribution in [3.63, 3.8) is 0 Å². The van der Waals surface area contributed by atoms with Gasteiger partial charge < -0.3 is 10.2 Å². The summed E-state index contributed by atoms with van der Waals surface area (Å²) in [6.07, 6.45) is 2.32. The van der Waals surface area contributed by atoms with E-state index in [9.17, 15) is 4.79 Å². The molecule has 1 aliphatic carbocycles. The summed E-state index contributed by atoms with van der Waals surface area (Å²) < 4.78 is 0. The summed E-state index contributed by atoms with van der Waals surface area (Å²) >= 11 is 11.9. The third kappa shape index (κ3) is 2.35. The van der Waals surface area contributed by atoms with E-state index in [0.717, 1.165) is 32.5 Å². The molecule has 3 rings (SSSR count). The number of amides is 1. The topological polar surface area (TPSA) is 32.3 Å². The average molecular weight is 285 g/mol. The molecule has 96 valence electrons. The van der Waals surface area contributed by atoms with Gasteiger partial charge in [0.1, 0.15) is 0 Å². The number of rotatable bonds is 1. The van der Waals surface area contributed by atoms with E-state index in [1.54, 1.807) is 18.2 Å². The number of hydrogen-bond acceptors (Lipinski definition) is 2. The van der Waals surface area contributed by atoms with Gasteiger partial charge in [-0.1, -0.05) is 23.2 Å². The van der Waals surface area contributed by atoms with E-state index in [4.69, 9.17) is 23.2 Å². The summed E-state index contributed by atoms with van der Waals surface area (Å²) in [6, 6.07) is 4.99. The van der Waals surface area contributed by atoms with Gasteiger partial charge in [0.05, 0.1) is 0 Å². The molecular formula is C13H14Cl2N2O. The van der Waals surface area contributed by atoms with Crippen LogP contribution < -0.4 is 5.32 Å². The van der Waals surface area contributed by atoms with Crippen molar-refractivity contribution in [2.24, 2.45) is 0 Å². The fourth-order valence-corrected chi connectivity index (χ4v) is 3.00. The van der Waals surface area contributed by atoms with Crippen molar-refractivity contribution in [3.8, 4) is 0 Å². The SMILES string of the molecule is O=C(c1cc(Cl)cc(Cl)c1)N1CCNC2(CC2)C1. The third-order valence-corrected chi connectivity index (χ3v) is 4.06. The molecule has 0 radical (unpaired) electrons. The molecule has 5 heteroatoms. The van der Waals surface area contributed by atoms with Crippen molar-refractivity contribution >= 4 is 29.1 Å². The number of carbonyl (C=O) groups excluding carboxylic acids is 1. The first kappa shape index (κ1) is 12.3. The summed E-state index contributed by atoms with van der Waals surface area (Å²) in [5, 5.41) is 4.49. The standard InChI is InChI=1S/C13H14Cl2N2O/c14-10-5-9(6-11(15)7-10)12(18)17-4-3-16-13(8-17)1-2-13/h5-7,16H,1-4,8H2. The lowest BCUT2D eigenvalue weighted by atomic mass is 10.1. The van der Waals surface area contributed by atoms with E-state index in [0.29, 0.717) is 15.6 Å². The third-order valence-electron chi connectivity index (χ3n) is 3.63. The molecule has 1 saturated carbocycles. The Bertz CT molecular complexity index is 480. The van der Waals surface area contributed by atoms with Gasteiger partial charge >= 0.3 is 0 Å². The van der Waals surface area contributed by atoms with Crippen LogP contribution in [-0.4, -0.2) is 36.0 Å². The van der Waals surface area contributed by atoms with Crippen molar-refractivity contribution in [1.82, 2.24) is 10.2 Å². The van der Waals surface area contributed by atoms with Crippen molar-refractivity contribution in [1.29, 1.82) is 0 Å². The Kier molecular flexibility index (Phi) is 3.00. The lowest BCUT2D eigenvalue weighted by Crippen LogP contribution is -2.54. The van der Waals surface area contributed by atoms with E-state index in [1.807, 2.05) is 4.90 Å². The van der Waals surface area contributed by atoms with Crippen LogP contribution in [0.4, 0.5) is 0 Å². The van der Waals surface area contributed by atoms with Crippen LogP contribution in [0.15, 0.2) is 18.2 Å². The van der Waals surface area contributed by atoms with E-state index in [1.165, 1.54) is 0 Å². The Balaban J connectivity index is 1.81. The number of nitrogens with zero attached hydrogens (tertiary/aromatic N) is 1. The summed E-state index contributed by atoms with van der Waals surface area (Å²) in [5.41, 5.74) is 0.765. The number of nitrogens with one attached hydrogen (secondary N) is 1. The van der Waals surface area contributed by atoms with Gasteiger partial charge in [-0.25, -0.2) is 0 Å². The van der Waals surface area contributed by atoms with Crippen LogP contribution in [0, 0.1) is 0 Å². The second-order valence-electron chi connectivity index (χ2n) is 5.09. The Hall–Kier alpha value is -0.770. The lowest BCUT2D eigenvalue weighted by Gasteiger charge is -2.34. The molecule has 0 aromatic heterocycles. The molecule has 0 atom stereocenters. The minimum absolute atomic E-state index is 0.0205. The van der Waals surface area contributed by atoms with Crippen LogP contribution >= 0.6 is 23.2 Å². The molecule has 0 bridgehead atoms. The number of benzene rings is 1. The van der Waals surface area contributed by atoms with Crippen LogP contribution in [-0.2, 0) is 0 Å². The first-order valence-corrected chi connectivity index (χ1v) is 6.84. The van der Waals surface area contributed by atoms with E-state index in [2.05, 4.69) is 5.32 Å². The zero-order valence-electron chi connectivity index (χ0n) is 9.88. The zero-order chi connectivity index (χ0) is 12.8. The molecule has 1 aromatic carbocycles. The van der Waals surface area contributed by atoms with Crippen molar-refractivity contribution in [3.05, 3.63) is 33.8 Å². The van der Waals surface area contributed by atoms with E-state index < -0.39 is 0 Å². The monoisotopic (exact) mass is 284 g/mol. The maximum Gasteiger partial charge on any atom is 0.254 e. The van der Waals surface area contributed by atoms with Gasteiger partial charge in [0.15, 0.2) is 0 Å². The molecule has 1 heterocycles. The predicted octanol–water partition coefficient (Wildman–Crippen LogP) is 2.57. The first-order chi connectivity index (χ1) is 8.58. The van der Waals surface area contributed by atoms with Gasteiger partial charge in [-0.15, -0.1) is 0 Å². The predicted molar refractivity (Wildman–Crippen MR) is 72.3 cm³/mol. The molecule has 1 saturated heterocycles. The molecule has 1 spiro atoms. The minimum atomic E-state index is 0.0205. The number of halogens is 2. The molecule has 3 nitrogen and oxygen atoms in total. The minimum Gasteiger partial charge on any atom is -0.336 e. The molecule has 2 fully saturated rings. The van der Waals surface area contributed by atoms with Crippen molar-refractivity contribution in [2.75, 3.05) is 19.6 Å². The molecule has 18 heavy (non-hydrogen) atoms. The molecule has 1 N–H and O–H groups in total. The fourth-order valence-electron chi connectivity index (χ4n) is 2.48. The van der Waals surface area contributed by atoms with Gasteiger partial charge in [0.2, 0.25) is 0 Å². The van der Waals surface area contributed by atoms with Crippen LogP contribution in [0.25, 0.3) is 0 Å². The van der Waals surface area contributed by atoms with Gasteiger partial charge in [-0.05, 0) is 31.0 Å². The highest BCUT2D eigenvalue weighted by Crippen LogP contribution is 2.37. The highest BCUT2D eigenvalue weighted by molar-refractivity contribution is 6.35. The van der Waals surface area contributed by atoms with Crippen molar-refractivity contribution < 1.29 is 4.79 Å². The summed E-state index contributed by atoms with van der Waals surface area (Å²) in [6.45, 7) is 2.39. The maximum absolute atomic E-state index is 12.4. The van der Waals surface area contributed by atoms with Gasteiger partial charge in [0.25, 0.3) is 5.91 Å². The summed E-state index contributed by atoms with van der Waals surface area (Å²) in [4.78, 5) is 14.3. The second kappa shape index (κ2) is 4.41. The molecule has 1 aromatic rings. The Morgan fingerprint density at radius 1 is 1.22 bits per heavy atom. The molecular weight excluding hydrogens is 271 g/mol. The smallest absolute Gasteiger partial charge is 0.254 e. The van der Waals surface area contributed by atoms with Crippen LogP contribution in [0.2, 0.25) is 10.0 Å². The molecule has 1 aliphatic heterocycles. The fraction of sp³-hybridized carbons (Fsp3) is 0.462. The zero-order valence-corrected chi connectivity index (χ0v) is 11.4. The van der Waals surface area contributed by atoms with Crippen molar-refractivity contribution in [2.45, 2.75) is 18.4 Å². The Morgan fingerprint density at radius 2 is 1.89 bits per heavy atom. The highest BCUT2D eigenvalue weighted by atomic mass is 35.5. The summed E-state index contributed by atoms with van der Waals surface area (Å²) in [5.74, 6) is 0.0205. The van der Waals surface area contributed by atoms with Gasteiger partial charge in [-0.3, -0.25) is 4.79 Å². The first-order valence-electron chi connectivity index (χ1n) is 6.08. The molecule has 0 unspecified atom stereocenters. The second-order valence-corrected chi connectivity index (χ2v) is 5.96. The maximum atomic E-state index is 12.4. The van der Waals surface area contributed by atoms with Crippen LogP contribution in [0.1, 0.15) is 23.2 Å². The number of piperazine rings is 1. The average Bonchev–Trinajstić information content (AvgIpc) is 3.06. The molecule has 1 amide bonds. The highest BCUT2D eigenvalue weighted by Gasteiger charge is 2.46. The number of hydrogen-bond donors (Lipinski definition) is 1. The van der Waals surface area contributed by atoms with Gasteiger partial charge in [0, 0.05) is 40.8 Å². The van der Waals surface area contributed by atoms with E-state index in [-0.39, 0.29) is 11.4 Å². The quantitative estimate of drug-likeness (QED) is 0.860. The number of carbonyl (C=O) groups is 1. The Morgan fingerprint density at radius 3 is 2.50 bits per heavy atom. The lowest BCUT2D eigenvalue weighted by molar-refractivity contribution is 0.0691. The van der Waals surface area contributed by atoms with Crippen LogP contribution in [0.5, 0.6) is 0 Å². The van der Waals surface area contributed by atoms with Crippen LogP contribution in [0.3, 0.4) is 0 Å². The van der Waals surface area contributed by atoms with E-state index >= 15 is 0 Å². The normalized spacial score (nSPS) is 21.1. The largest absolute Gasteiger partial charge is 0.336 e. The summed E-state index contributed by atoms with van der Waals surface area (Å²) in [7, 11) is 0. The van der Waals surface area contributed by atoms with Gasteiger partial charge in [-0.2, -0.15) is 0 Å². The Labute approximate surface area is 116 Å². The molecule has 2 aliphatic rings.